The molecule has 0 spiro atoms. The Hall–Kier alpha value is -2.15. The van der Waals surface area contributed by atoms with E-state index in [1.165, 1.54) is 5.39 Å². The fourth-order valence-electron chi connectivity index (χ4n) is 2.79. The van der Waals surface area contributed by atoms with Gasteiger partial charge in [-0.2, -0.15) is 4.57 Å². The maximum Gasteiger partial charge on any atom is 0.251 e. The predicted molar refractivity (Wildman–Crippen MR) is 97.5 cm³/mol. The van der Waals surface area contributed by atoms with Crippen LogP contribution in [-0.2, 0) is 6.54 Å². The molecule has 0 aliphatic rings. The van der Waals surface area contributed by atoms with E-state index >= 15 is 0 Å². The molecule has 0 atom stereocenters. The second-order valence-corrected chi connectivity index (χ2v) is 5.61. The Morgan fingerprint density at radius 2 is 2.00 bits per heavy atom. The third-order valence-electron chi connectivity index (χ3n) is 4.06. The molecule has 130 valence electrons. The van der Waals surface area contributed by atoms with Crippen LogP contribution >= 0.6 is 0 Å². The highest BCUT2D eigenvalue weighted by molar-refractivity contribution is 5.95. The van der Waals surface area contributed by atoms with Crippen LogP contribution < -0.4 is 33.9 Å². The zero-order chi connectivity index (χ0) is 16.9. The summed E-state index contributed by atoms with van der Waals surface area (Å²) >= 11 is 0. The molecule has 0 bridgehead atoms. The Bertz CT molecular complexity index is 899. The molecule has 4 nitrogen and oxygen atoms in total. The molecule has 2 aromatic heterocycles. The van der Waals surface area contributed by atoms with Crippen molar-refractivity contribution < 1.29 is 33.3 Å². The van der Waals surface area contributed by atoms with Gasteiger partial charge >= 0.3 is 0 Å². The Balaban J connectivity index is 0.00000225. The number of aromatic nitrogens is 2. The van der Waals surface area contributed by atoms with Gasteiger partial charge in [-0.3, -0.25) is 4.79 Å². The van der Waals surface area contributed by atoms with Gasteiger partial charge < -0.3 is 34.3 Å². The van der Waals surface area contributed by atoms with Gasteiger partial charge in [-0.15, -0.1) is 0 Å². The summed E-state index contributed by atoms with van der Waals surface area (Å²) in [4.78, 5) is 15.3. The number of rotatable bonds is 5. The average molecular weight is 447 g/mol. The minimum absolute atomic E-state index is 0. The van der Waals surface area contributed by atoms with Crippen LogP contribution in [0.5, 0.6) is 0 Å². The standard InChI is InChI=1S/C20H21N3O.HI/c1-3-21-20(24)15-11-12-23(4-2)17(13-15)10-9-16-14-22-19-8-6-5-7-18(16)19;/h5-14H,3-4H2,1-2H3,(H,21,24);1H. The van der Waals surface area contributed by atoms with Crippen LogP contribution in [0.25, 0.3) is 23.1 Å². The van der Waals surface area contributed by atoms with Crippen molar-refractivity contribution in [1.82, 2.24) is 10.3 Å². The van der Waals surface area contributed by atoms with Crippen molar-refractivity contribution in [2.75, 3.05) is 6.54 Å². The van der Waals surface area contributed by atoms with Gasteiger partial charge in [-0.25, -0.2) is 0 Å². The lowest BCUT2D eigenvalue weighted by Crippen LogP contribution is -3.00. The van der Waals surface area contributed by atoms with E-state index in [4.69, 9.17) is 0 Å². The fraction of sp³-hybridized carbons (Fsp3) is 0.200. The summed E-state index contributed by atoms with van der Waals surface area (Å²) in [7, 11) is 0. The zero-order valence-electron chi connectivity index (χ0n) is 14.4. The Morgan fingerprint density at radius 3 is 2.76 bits per heavy atom. The molecular weight excluding hydrogens is 425 g/mol. The highest BCUT2D eigenvalue weighted by Gasteiger charge is 2.12. The molecule has 2 heterocycles. The Kier molecular flexibility index (Phi) is 6.75. The van der Waals surface area contributed by atoms with Crippen LogP contribution in [0.1, 0.15) is 35.5 Å². The third kappa shape index (κ3) is 4.28. The van der Waals surface area contributed by atoms with Crippen molar-refractivity contribution in [3.63, 3.8) is 0 Å². The van der Waals surface area contributed by atoms with Crippen molar-refractivity contribution in [1.29, 1.82) is 0 Å². The van der Waals surface area contributed by atoms with Gasteiger partial charge in [0.25, 0.3) is 5.91 Å². The maximum absolute atomic E-state index is 12.1. The highest BCUT2D eigenvalue weighted by Crippen LogP contribution is 2.19. The number of hydrogen-bond acceptors (Lipinski definition) is 1. The molecule has 1 amide bonds. The van der Waals surface area contributed by atoms with E-state index < -0.39 is 0 Å². The number of carbonyl (C=O) groups is 1. The van der Waals surface area contributed by atoms with Gasteiger partial charge in [0, 0.05) is 41.9 Å². The number of amides is 1. The minimum atomic E-state index is -0.0394. The molecule has 0 radical (unpaired) electrons. The number of aromatic amines is 1. The number of nitrogens with zero attached hydrogens (tertiary/aromatic N) is 1. The number of nitrogens with one attached hydrogen (secondary N) is 2. The molecule has 0 aliphatic carbocycles. The normalized spacial score (nSPS) is 10.8. The molecule has 25 heavy (non-hydrogen) atoms. The molecule has 5 heteroatoms. The lowest BCUT2D eigenvalue weighted by atomic mass is 10.1. The van der Waals surface area contributed by atoms with Crippen LogP contribution in [0.3, 0.4) is 0 Å². The SMILES string of the molecule is CCNC(=O)c1cc[n+](CC)c(/C=C/c2c[nH]c3ccccc23)c1.[I-]. The van der Waals surface area contributed by atoms with Crippen LogP contribution in [0.2, 0.25) is 0 Å². The van der Waals surface area contributed by atoms with Crippen molar-refractivity contribution in [2.24, 2.45) is 0 Å². The first kappa shape index (κ1) is 19.2. The second-order valence-electron chi connectivity index (χ2n) is 5.61. The molecule has 0 aliphatic heterocycles. The van der Waals surface area contributed by atoms with E-state index in [9.17, 15) is 4.79 Å². The topological polar surface area (TPSA) is 48.8 Å². The number of halogens is 1. The molecule has 0 fully saturated rings. The Morgan fingerprint density at radius 1 is 1.20 bits per heavy atom. The number of pyridine rings is 1. The predicted octanol–water partition coefficient (Wildman–Crippen LogP) is 0.399. The molecule has 0 saturated heterocycles. The van der Waals surface area contributed by atoms with Crippen molar-refractivity contribution >= 4 is 29.0 Å². The summed E-state index contributed by atoms with van der Waals surface area (Å²) < 4.78 is 2.12. The summed E-state index contributed by atoms with van der Waals surface area (Å²) in [6, 6.07) is 12.0. The number of aryl methyl sites for hydroxylation is 1. The molecule has 1 aromatic carbocycles. The van der Waals surface area contributed by atoms with Crippen molar-refractivity contribution in [2.45, 2.75) is 20.4 Å². The number of fused-ring (bicyclic) bond motifs is 1. The monoisotopic (exact) mass is 447 g/mol. The highest BCUT2D eigenvalue weighted by atomic mass is 127. The summed E-state index contributed by atoms with van der Waals surface area (Å²) in [5, 5.41) is 4.03. The number of benzene rings is 1. The Labute approximate surface area is 165 Å². The van der Waals surface area contributed by atoms with E-state index in [1.54, 1.807) is 0 Å². The van der Waals surface area contributed by atoms with Gasteiger partial charge in [-0.05, 0) is 31.6 Å². The van der Waals surface area contributed by atoms with Crippen LogP contribution in [0, 0.1) is 0 Å². The van der Waals surface area contributed by atoms with Crippen LogP contribution in [0.4, 0.5) is 0 Å². The molecule has 0 unspecified atom stereocenters. The summed E-state index contributed by atoms with van der Waals surface area (Å²) in [5.74, 6) is -0.0394. The summed E-state index contributed by atoms with van der Waals surface area (Å²) in [6.07, 6.45) is 8.11. The van der Waals surface area contributed by atoms with Gasteiger partial charge in [0.2, 0.25) is 5.69 Å². The summed E-state index contributed by atoms with van der Waals surface area (Å²) in [5.41, 5.74) is 3.94. The first-order valence-electron chi connectivity index (χ1n) is 8.28. The molecule has 0 saturated carbocycles. The maximum atomic E-state index is 12.1. The van der Waals surface area contributed by atoms with E-state index in [0.717, 1.165) is 23.3 Å². The van der Waals surface area contributed by atoms with Crippen LogP contribution in [-0.4, -0.2) is 17.4 Å². The minimum Gasteiger partial charge on any atom is -1.00 e. The van der Waals surface area contributed by atoms with E-state index in [2.05, 4.69) is 46.1 Å². The van der Waals surface area contributed by atoms with Crippen molar-refractivity contribution in [3.8, 4) is 0 Å². The van der Waals surface area contributed by atoms with Gasteiger partial charge in [0.15, 0.2) is 6.20 Å². The molecule has 3 aromatic rings. The first-order valence-corrected chi connectivity index (χ1v) is 8.28. The fourth-order valence-corrected chi connectivity index (χ4v) is 2.79. The number of H-pyrrole nitrogens is 1. The van der Waals surface area contributed by atoms with Gasteiger partial charge in [-0.1, -0.05) is 18.2 Å². The lowest BCUT2D eigenvalue weighted by Gasteiger charge is -2.03. The number of carbonyl (C=O) groups excluding carboxylic acids is 1. The number of para-hydroxylation sites is 1. The smallest absolute Gasteiger partial charge is 0.251 e. The molecule has 2 N–H and O–H groups in total. The van der Waals surface area contributed by atoms with E-state index in [1.807, 2.05) is 43.6 Å². The zero-order valence-corrected chi connectivity index (χ0v) is 16.6. The molecule has 3 rings (SSSR count). The lowest BCUT2D eigenvalue weighted by molar-refractivity contribution is -0.695. The third-order valence-corrected chi connectivity index (χ3v) is 4.06. The summed E-state index contributed by atoms with van der Waals surface area (Å²) in [6.45, 7) is 5.49. The molecular formula is C20H22IN3O. The van der Waals surface area contributed by atoms with Gasteiger partial charge in [0.05, 0.1) is 5.56 Å². The van der Waals surface area contributed by atoms with E-state index in [0.29, 0.717) is 12.1 Å². The number of hydrogen-bond donors (Lipinski definition) is 2. The quantitative estimate of drug-likeness (QED) is 0.432. The van der Waals surface area contributed by atoms with Gasteiger partial charge in [0.1, 0.15) is 6.54 Å². The largest absolute Gasteiger partial charge is 1.00 e. The van der Waals surface area contributed by atoms with Crippen LogP contribution in [0.15, 0.2) is 48.8 Å². The first-order chi connectivity index (χ1) is 11.7. The van der Waals surface area contributed by atoms with E-state index in [-0.39, 0.29) is 29.9 Å². The average Bonchev–Trinajstić information content (AvgIpc) is 3.03. The second kappa shape index (κ2) is 8.80. The van der Waals surface area contributed by atoms with Crippen molar-refractivity contribution in [3.05, 3.63) is 65.6 Å².